The smallest absolute Gasteiger partial charge is 0.309 e. The van der Waals surface area contributed by atoms with Gasteiger partial charge in [-0.15, -0.1) is 0 Å². The van der Waals surface area contributed by atoms with Crippen molar-refractivity contribution in [1.29, 1.82) is 0 Å². The second-order valence-electron chi connectivity index (χ2n) is 10.1. The maximum absolute atomic E-state index is 14.9. The fourth-order valence-electron chi connectivity index (χ4n) is 6.63. The Morgan fingerprint density at radius 3 is 2.75 bits per heavy atom. The number of aryl methyl sites for hydroxylation is 1. The highest BCUT2D eigenvalue weighted by atomic mass is 19.1. The van der Waals surface area contributed by atoms with Crippen LogP contribution in [0, 0.1) is 17.3 Å². The normalized spacial score (nSPS) is 29.6. The van der Waals surface area contributed by atoms with Crippen molar-refractivity contribution in [3.05, 3.63) is 70.8 Å². The standard InChI is InChI=1S/C28H31FO3/c1-28-14-13-22-21-9-8-20(15-19(21)7-10-23(22)24(28)11-12-26(28)30)25(29)16-27(31)32-17-18-5-3-2-4-6-18/h2-6,8-9,15,22-25H,7,10-14,16-17H2,1H3/t22-,23-,24+,25+,28+/m1/s1. The lowest BCUT2D eigenvalue weighted by Crippen LogP contribution is -2.42. The Bertz CT molecular complexity index is 1020. The minimum absolute atomic E-state index is 0.122. The minimum Gasteiger partial charge on any atom is -0.461 e. The van der Waals surface area contributed by atoms with Gasteiger partial charge in [-0.05, 0) is 72.1 Å². The molecular weight excluding hydrogens is 403 g/mol. The van der Waals surface area contributed by atoms with Gasteiger partial charge in [0.2, 0.25) is 0 Å². The van der Waals surface area contributed by atoms with E-state index in [1.807, 2.05) is 42.5 Å². The number of esters is 1. The Morgan fingerprint density at radius 2 is 1.94 bits per heavy atom. The molecule has 0 bridgehead atoms. The SMILES string of the molecule is C[C@]12CC[C@@H]3c4ccc([C@@H](F)CC(=O)OCc5ccccc5)cc4CC[C@H]3[C@@H]1CCC2=O. The first-order chi connectivity index (χ1) is 15.5. The third-order valence-electron chi connectivity index (χ3n) is 8.41. The Hall–Kier alpha value is -2.49. The molecule has 3 aliphatic rings. The number of benzene rings is 2. The molecule has 0 unspecified atom stereocenters. The minimum atomic E-state index is -1.36. The molecule has 0 amide bonds. The molecule has 0 saturated heterocycles. The van der Waals surface area contributed by atoms with Crippen LogP contribution < -0.4 is 0 Å². The van der Waals surface area contributed by atoms with Crippen LogP contribution in [0.3, 0.4) is 0 Å². The van der Waals surface area contributed by atoms with Gasteiger partial charge in [0.25, 0.3) is 0 Å². The van der Waals surface area contributed by atoms with Crippen molar-refractivity contribution in [1.82, 2.24) is 0 Å². The highest BCUT2D eigenvalue weighted by molar-refractivity contribution is 5.87. The van der Waals surface area contributed by atoms with Crippen LogP contribution in [0.5, 0.6) is 0 Å². The summed E-state index contributed by atoms with van der Waals surface area (Å²) in [6.45, 7) is 2.36. The van der Waals surface area contributed by atoms with Crippen molar-refractivity contribution in [2.24, 2.45) is 17.3 Å². The van der Waals surface area contributed by atoms with Crippen molar-refractivity contribution >= 4 is 11.8 Å². The molecule has 4 heteroatoms. The summed E-state index contributed by atoms with van der Waals surface area (Å²) in [7, 11) is 0. The summed E-state index contributed by atoms with van der Waals surface area (Å²) in [6.07, 6.45) is 4.16. The van der Waals surface area contributed by atoms with Gasteiger partial charge in [0.05, 0.1) is 6.42 Å². The number of ether oxygens (including phenoxy) is 1. The van der Waals surface area contributed by atoms with E-state index in [1.165, 1.54) is 11.1 Å². The number of hydrogen-bond acceptors (Lipinski definition) is 3. The molecule has 2 aromatic carbocycles. The van der Waals surface area contributed by atoms with Gasteiger partial charge in [0.15, 0.2) is 0 Å². The molecule has 0 heterocycles. The lowest BCUT2D eigenvalue weighted by molar-refractivity contribution is -0.146. The fraction of sp³-hybridized carbons (Fsp3) is 0.500. The monoisotopic (exact) mass is 434 g/mol. The highest BCUT2D eigenvalue weighted by Gasteiger charge is 2.54. The van der Waals surface area contributed by atoms with Crippen molar-refractivity contribution in [2.75, 3.05) is 0 Å². The number of Topliss-reactive ketones (excluding diaryl/α,β-unsaturated/α-hetero) is 1. The molecule has 0 aromatic heterocycles. The van der Waals surface area contributed by atoms with Crippen molar-refractivity contribution in [3.63, 3.8) is 0 Å². The van der Waals surface area contributed by atoms with Gasteiger partial charge in [-0.2, -0.15) is 0 Å². The molecular formula is C28H31FO3. The summed E-state index contributed by atoms with van der Waals surface area (Å²) in [4.78, 5) is 24.7. The lowest BCUT2D eigenvalue weighted by Gasteiger charge is -2.48. The zero-order chi connectivity index (χ0) is 22.3. The Balaban J connectivity index is 1.25. The van der Waals surface area contributed by atoms with E-state index in [2.05, 4.69) is 13.0 Å². The number of alkyl halides is 1. The van der Waals surface area contributed by atoms with Gasteiger partial charge >= 0.3 is 5.97 Å². The topological polar surface area (TPSA) is 43.4 Å². The first-order valence-electron chi connectivity index (χ1n) is 12.0. The molecule has 0 aliphatic heterocycles. The van der Waals surface area contributed by atoms with Gasteiger partial charge in [-0.25, -0.2) is 4.39 Å². The molecule has 0 radical (unpaired) electrons. The third kappa shape index (κ3) is 3.78. The predicted molar refractivity (Wildman–Crippen MR) is 121 cm³/mol. The van der Waals surface area contributed by atoms with Crippen LogP contribution in [0.15, 0.2) is 48.5 Å². The molecule has 2 saturated carbocycles. The number of carbonyl (C=O) groups excluding carboxylic acids is 2. The van der Waals surface area contributed by atoms with Crippen LogP contribution in [0.2, 0.25) is 0 Å². The summed E-state index contributed by atoms with van der Waals surface area (Å²) in [6, 6.07) is 15.3. The average molecular weight is 435 g/mol. The maximum atomic E-state index is 14.9. The Kier molecular flexibility index (Phi) is 5.65. The van der Waals surface area contributed by atoms with Gasteiger partial charge in [0.1, 0.15) is 18.6 Å². The van der Waals surface area contributed by atoms with Gasteiger partial charge in [-0.3, -0.25) is 9.59 Å². The number of carbonyl (C=O) groups is 2. The molecule has 5 atom stereocenters. The first kappa shape index (κ1) is 21.4. The molecule has 0 spiro atoms. The number of fused-ring (bicyclic) bond motifs is 5. The molecule has 3 aliphatic carbocycles. The summed E-state index contributed by atoms with van der Waals surface area (Å²) >= 11 is 0. The quantitative estimate of drug-likeness (QED) is 0.522. The van der Waals surface area contributed by atoms with E-state index in [9.17, 15) is 14.0 Å². The number of hydrogen-bond donors (Lipinski definition) is 0. The lowest BCUT2D eigenvalue weighted by atomic mass is 9.55. The van der Waals surface area contributed by atoms with Crippen LogP contribution >= 0.6 is 0 Å². The van der Waals surface area contributed by atoms with Crippen molar-refractivity contribution < 1.29 is 18.7 Å². The van der Waals surface area contributed by atoms with E-state index < -0.39 is 12.1 Å². The number of ketones is 1. The molecule has 32 heavy (non-hydrogen) atoms. The zero-order valence-corrected chi connectivity index (χ0v) is 18.7. The van der Waals surface area contributed by atoms with Crippen LogP contribution in [0.1, 0.15) is 79.8 Å². The van der Waals surface area contributed by atoms with Crippen LogP contribution in [-0.2, 0) is 27.4 Å². The summed E-state index contributed by atoms with van der Waals surface area (Å²) in [5.41, 5.74) is 3.90. The zero-order valence-electron chi connectivity index (χ0n) is 18.7. The second-order valence-corrected chi connectivity index (χ2v) is 10.1. The molecule has 3 nitrogen and oxygen atoms in total. The van der Waals surface area contributed by atoms with Crippen LogP contribution in [0.25, 0.3) is 0 Å². The molecule has 2 aromatic rings. The van der Waals surface area contributed by atoms with Gasteiger partial charge < -0.3 is 4.74 Å². The van der Waals surface area contributed by atoms with Gasteiger partial charge in [0, 0.05) is 11.8 Å². The third-order valence-corrected chi connectivity index (χ3v) is 8.41. The Labute approximate surface area is 189 Å². The second kappa shape index (κ2) is 8.46. The van der Waals surface area contributed by atoms with E-state index in [0.29, 0.717) is 29.1 Å². The summed E-state index contributed by atoms with van der Waals surface area (Å²) < 4.78 is 20.2. The maximum Gasteiger partial charge on any atom is 0.309 e. The van der Waals surface area contributed by atoms with E-state index >= 15 is 0 Å². The predicted octanol–water partition coefficient (Wildman–Crippen LogP) is 6.26. The number of halogens is 1. The Morgan fingerprint density at radius 1 is 1.12 bits per heavy atom. The van der Waals surface area contributed by atoms with Crippen LogP contribution in [0.4, 0.5) is 4.39 Å². The average Bonchev–Trinajstić information content (AvgIpc) is 3.12. The van der Waals surface area contributed by atoms with E-state index in [0.717, 1.165) is 44.1 Å². The summed E-state index contributed by atoms with van der Waals surface area (Å²) in [5.74, 6) is 1.48. The highest BCUT2D eigenvalue weighted by Crippen LogP contribution is 2.59. The van der Waals surface area contributed by atoms with Crippen molar-refractivity contribution in [2.45, 2.75) is 70.6 Å². The first-order valence-corrected chi connectivity index (χ1v) is 12.0. The van der Waals surface area contributed by atoms with E-state index in [-0.39, 0.29) is 18.4 Å². The molecule has 5 rings (SSSR count). The molecule has 168 valence electrons. The molecule has 0 N–H and O–H groups in total. The number of rotatable bonds is 5. The van der Waals surface area contributed by atoms with Gasteiger partial charge in [-0.1, -0.05) is 55.5 Å². The fourth-order valence-corrected chi connectivity index (χ4v) is 6.63. The van der Waals surface area contributed by atoms with Crippen molar-refractivity contribution in [3.8, 4) is 0 Å². The summed E-state index contributed by atoms with van der Waals surface area (Å²) in [5, 5.41) is 0. The van der Waals surface area contributed by atoms with E-state index in [1.54, 1.807) is 0 Å². The van der Waals surface area contributed by atoms with E-state index in [4.69, 9.17) is 4.74 Å². The largest absolute Gasteiger partial charge is 0.461 e. The van der Waals surface area contributed by atoms with Crippen LogP contribution in [-0.4, -0.2) is 11.8 Å². The molecule has 2 fully saturated rings.